The summed E-state index contributed by atoms with van der Waals surface area (Å²) < 4.78 is 0. The molecule has 0 aliphatic rings. The molecule has 6 heteroatoms. The summed E-state index contributed by atoms with van der Waals surface area (Å²) in [7, 11) is -4.29. The molecule has 0 rings (SSSR count). The molecule has 0 amide bonds. The number of nitrogens with zero attached hydrogens (tertiary/aromatic N) is 1. The Morgan fingerprint density at radius 3 is 1.88 bits per heavy atom. The van der Waals surface area contributed by atoms with E-state index >= 15 is 0 Å². The van der Waals surface area contributed by atoms with Gasteiger partial charge in [-0.15, -0.1) is 0 Å². The molecule has 0 aromatic rings. The maximum atomic E-state index is 11.4. The number of allylic oxidation sites excluding steroid dienone is 2. The molecular weight excluding hydrogens is 349 g/mol. The van der Waals surface area contributed by atoms with Gasteiger partial charge in [0.15, 0.2) is 0 Å². The Labute approximate surface area is 160 Å². The van der Waals surface area contributed by atoms with E-state index in [-0.39, 0.29) is 12.4 Å². The first kappa shape index (κ1) is 25.5. The molecule has 0 fully saturated rings. The second-order valence-corrected chi connectivity index (χ2v) is 8.69. The summed E-state index contributed by atoms with van der Waals surface area (Å²) >= 11 is 0. The fourth-order valence-electron chi connectivity index (χ4n) is 2.73. The van der Waals surface area contributed by atoms with Gasteiger partial charge >= 0.3 is 0 Å². The first-order valence-electron chi connectivity index (χ1n) is 10.3. The van der Waals surface area contributed by atoms with Gasteiger partial charge in [0.1, 0.15) is 0 Å². The van der Waals surface area contributed by atoms with E-state index in [9.17, 15) is 14.9 Å². The van der Waals surface area contributed by atoms with Gasteiger partial charge in [-0.05, 0) is 44.4 Å². The molecule has 0 atom stereocenters. The summed E-state index contributed by atoms with van der Waals surface area (Å²) in [6.45, 7) is 2.11. The number of rotatable bonds is 18. The van der Waals surface area contributed by atoms with Crippen LogP contribution in [0, 0.1) is 0 Å². The third-order valence-electron chi connectivity index (χ3n) is 4.32. The Bertz CT molecular complexity index is 367. The van der Waals surface area contributed by atoms with E-state index in [0.29, 0.717) is 6.42 Å². The maximum absolute atomic E-state index is 11.4. The standard InChI is InChI=1S/C20H40NO4P/c1-2-3-4-5-6-7-8-9-10-11-12-13-14-15-16-17-20(22)21-18-19-26(23,24)25/h9-10H,2-8,11-19H2,1H3,(H,21,22)(H2,23,24,25)/p-2/b10-9-. The Balaban J connectivity index is 3.32. The monoisotopic (exact) mass is 387 g/mol. The van der Waals surface area contributed by atoms with Crippen LogP contribution in [0.1, 0.15) is 96.8 Å². The van der Waals surface area contributed by atoms with Crippen molar-refractivity contribution < 1.29 is 19.8 Å². The van der Waals surface area contributed by atoms with Gasteiger partial charge in [-0.25, -0.2) is 0 Å². The zero-order valence-corrected chi connectivity index (χ0v) is 17.4. The van der Waals surface area contributed by atoms with Crippen molar-refractivity contribution in [1.29, 1.82) is 0 Å². The molecule has 0 saturated heterocycles. The van der Waals surface area contributed by atoms with Crippen molar-refractivity contribution in [1.82, 2.24) is 0 Å². The summed E-state index contributed by atoms with van der Waals surface area (Å²) in [6, 6.07) is 0. The highest BCUT2D eigenvalue weighted by Gasteiger charge is 2.04. The topological polar surface area (TPSA) is 102 Å². The SMILES string of the molecule is CCCCCCCC/C=C\CCCCCCCC([O-])=NCC[P+]([O-])([O-])O. The van der Waals surface area contributed by atoms with Gasteiger partial charge in [0.05, 0.1) is 12.7 Å². The first-order chi connectivity index (χ1) is 12.5. The zero-order valence-electron chi connectivity index (χ0n) is 16.5. The molecule has 0 aromatic carbocycles. The minimum atomic E-state index is -4.29. The Morgan fingerprint density at radius 1 is 0.846 bits per heavy atom. The molecule has 0 heterocycles. The van der Waals surface area contributed by atoms with Crippen molar-refractivity contribution in [3.63, 3.8) is 0 Å². The molecule has 0 unspecified atom stereocenters. The van der Waals surface area contributed by atoms with Crippen LogP contribution in [-0.4, -0.2) is 23.5 Å². The normalized spacial score (nSPS) is 13.0. The van der Waals surface area contributed by atoms with Crippen LogP contribution in [0.3, 0.4) is 0 Å². The number of aliphatic imine (C=N–C) groups is 1. The maximum Gasteiger partial charge on any atom is 0.0957 e. The number of unbranched alkanes of at least 4 members (excludes halogenated alkanes) is 11. The van der Waals surface area contributed by atoms with Gasteiger partial charge in [0.2, 0.25) is 0 Å². The van der Waals surface area contributed by atoms with Gasteiger partial charge < -0.3 is 19.9 Å². The summed E-state index contributed by atoms with van der Waals surface area (Å²) in [5.74, 6) is -0.268. The Kier molecular flexibility index (Phi) is 17.6. The Hall–Kier alpha value is -0.480. The predicted molar refractivity (Wildman–Crippen MR) is 106 cm³/mol. The Morgan fingerprint density at radius 2 is 1.35 bits per heavy atom. The van der Waals surface area contributed by atoms with E-state index < -0.39 is 14.1 Å². The van der Waals surface area contributed by atoms with Crippen LogP contribution in [0.15, 0.2) is 17.1 Å². The smallest absolute Gasteiger partial charge is 0.0957 e. The van der Waals surface area contributed by atoms with Crippen molar-refractivity contribution in [3.8, 4) is 0 Å². The highest BCUT2D eigenvalue weighted by Crippen LogP contribution is 2.32. The van der Waals surface area contributed by atoms with Crippen LogP contribution in [0.2, 0.25) is 0 Å². The third kappa shape index (κ3) is 21.6. The highest BCUT2D eigenvalue weighted by molar-refractivity contribution is 7.55. The van der Waals surface area contributed by atoms with E-state index in [1.54, 1.807) is 0 Å². The molecule has 0 saturated carbocycles. The van der Waals surface area contributed by atoms with Crippen LogP contribution >= 0.6 is 7.94 Å². The van der Waals surface area contributed by atoms with Crippen LogP contribution in [0.25, 0.3) is 0 Å². The number of hydrogen-bond donors (Lipinski definition) is 1. The fraction of sp³-hybridized carbons (Fsp3) is 0.850. The van der Waals surface area contributed by atoms with Gasteiger partial charge in [-0.2, -0.15) is 0 Å². The van der Waals surface area contributed by atoms with Crippen LogP contribution in [0.4, 0.5) is 0 Å². The molecule has 0 aliphatic heterocycles. The largest absolute Gasteiger partial charge is 0.862 e. The molecule has 26 heavy (non-hydrogen) atoms. The molecule has 0 spiro atoms. The summed E-state index contributed by atoms with van der Waals surface area (Å²) in [4.78, 5) is 33.3. The molecule has 5 nitrogen and oxygen atoms in total. The molecule has 0 aliphatic carbocycles. The van der Waals surface area contributed by atoms with Crippen molar-refractivity contribution in [2.75, 3.05) is 12.7 Å². The van der Waals surface area contributed by atoms with Crippen molar-refractivity contribution >= 4 is 13.8 Å². The van der Waals surface area contributed by atoms with E-state index in [1.165, 1.54) is 57.8 Å². The fourth-order valence-corrected chi connectivity index (χ4v) is 3.08. The number of hydrogen-bond acceptors (Lipinski definition) is 5. The van der Waals surface area contributed by atoms with E-state index in [4.69, 9.17) is 4.89 Å². The summed E-state index contributed by atoms with van der Waals surface area (Å²) in [5.41, 5.74) is 0. The lowest BCUT2D eigenvalue weighted by Crippen LogP contribution is -2.26. The van der Waals surface area contributed by atoms with Gasteiger partial charge in [-0.1, -0.05) is 70.4 Å². The summed E-state index contributed by atoms with van der Waals surface area (Å²) in [5, 5.41) is 11.4. The second kappa shape index (κ2) is 17.9. The third-order valence-corrected chi connectivity index (χ3v) is 5.09. The lowest BCUT2D eigenvalue weighted by Gasteiger charge is -2.27. The van der Waals surface area contributed by atoms with Gasteiger partial charge in [-0.3, -0.25) is 4.89 Å². The molecule has 1 N–H and O–H groups in total. The minimum Gasteiger partial charge on any atom is -0.862 e. The van der Waals surface area contributed by atoms with Gasteiger partial charge in [0, 0.05) is 7.94 Å². The molecular formula is C20H38NO4P-2. The average molecular weight is 388 g/mol. The van der Waals surface area contributed by atoms with Crippen LogP contribution in [0.5, 0.6) is 0 Å². The van der Waals surface area contributed by atoms with Crippen LogP contribution in [-0.2, 0) is 0 Å². The predicted octanol–water partition coefficient (Wildman–Crippen LogP) is 3.26. The molecule has 0 radical (unpaired) electrons. The summed E-state index contributed by atoms with van der Waals surface area (Å²) in [6.07, 6.45) is 20.2. The van der Waals surface area contributed by atoms with E-state index in [2.05, 4.69) is 24.1 Å². The molecule has 0 aromatic heterocycles. The zero-order chi connectivity index (χ0) is 19.5. The average Bonchev–Trinajstić information content (AvgIpc) is 2.57. The van der Waals surface area contributed by atoms with E-state index in [0.717, 1.165) is 25.7 Å². The van der Waals surface area contributed by atoms with Crippen molar-refractivity contribution in [2.24, 2.45) is 4.99 Å². The van der Waals surface area contributed by atoms with Crippen LogP contribution < -0.4 is 14.9 Å². The lowest BCUT2D eigenvalue weighted by atomic mass is 10.1. The highest BCUT2D eigenvalue weighted by atomic mass is 31.2. The van der Waals surface area contributed by atoms with Crippen molar-refractivity contribution in [3.05, 3.63) is 12.2 Å². The van der Waals surface area contributed by atoms with Gasteiger partial charge in [0.25, 0.3) is 0 Å². The minimum absolute atomic E-state index is 0.138. The van der Waals surface area contributed by atoms with Crippen molar-refractivity contribution in [2.45, 2.75) is 96.8 Å². The molecule has 154 valence electrons. The molecule has 0 bridgehead atoms. The second-order valence-electron chi connectivity index (χ2n) is 6.97. The first-order valence-corrected chi connectivity index (χ1v) is 12.1. The lowest BCUT2D eigenvalue weighted by molar-refractivity contribution is -0.331. The van der Waals surface area contributed by atoms with E-state index in [1.807, 2.05) is 0 Å². The quantitative estimate of drug-likeness (QED) is 0.128.